The first-order valence-corrected chi connectivity index (χ1v) is 5.49. The van der Waals surface area contributed by atoms with Crippen LogP contribution in [0.15, 0.2) is 22.7 Å². The molecule has 0 atom stereocenters. The Hall–Kier alpha value is -2.35. The summed E-state index contributed by atoms with van der Waals surface area (Å²) in [4.78, 5) is 13.7. The molecule has 1 aromatic heterocycles. The van der Waals surface area contributed by atoms with Gasteiger partial charge in [0.25, 0.3) is 0 Å². The molecule has 1 heterocycles. The van der Waals surface area contributed by atoms with Crippen molar-refractivity contribution in [1.29, 1.82) is 0 Å². The molecule has 0 aliphatic heterocycles. The molecule has 8 heteroatoms. The van der Waals surface area contributed by atoms with Crippen LogP contribution < -0.4 is 5.32 Å². The number of benzene rings is 1. The first kappa shape index (κ1) is 13.1. The first-order valence-electron chi connectivity index (χ1n) is 5.49. The molecule has 2 rings (SSSR count). The van der Waals surface area contributed by atoms with E-state index in [0.29, 0.717) is 30.4 Å². The number of hydrogen-bond acceptors (Lipinski definition) is 6. The molecule has 0 saturated heterocycles. The summed E-state index contributed by atoms with van der Waals surface area (Å²) in [7, 11) is 0. The predicted octanol–water partition coefficient (Wildman–Crippen LogP) is 1.72. The van der Waals surface area contributed by atoms with Gasteiger partial charge in [0.1, 0.15) is 0 Å². The Kier molecular flexibility index (Phi) is 3.81. The minimum atomic E-state index is -0.847. The second-order valence-corrected chi connectivity index (χ2v) is 3.88. The molecule has 0 amide bonds. The van der Waals surface area contributed by atoms with Gasteiger partial charge in [0, 0.05) is 19.5 Å². The quantitative estimate of drug-likeness (QED) is 0.654. The van der Waals surface area contributed by atoms with Crippen LogP contribution in [0.4, 0.5) is 10.1 Å². The van der Waals surface area contributed by atoms with Crippen LogP contribution in [0.5, 0.6) is 0 Å². The lowest BCUT2D eigenvalue weighted by Crippen LogP contribution is -2.14. The van der Waals surface area contributed by atoms with Gasteiger partial charge < -0.3 is 9.84 Å². The van der Waals surface area contributed by atoms with Crippen LogP contribution in [0.1, 0.15) is 17.3 Å². The van der Waals surface area contributed by atoms with Gasteiger partial charge in [0.2, 0.25) is 11.7 Å². The third kappa shape index (κ3) is 3.32. The molecule has 0 fully saturated rings. The summed E-state index contributed by atoms with van der Waals surface area (Å²) in [5, 5.41) is 17.1. The van der Waals surface area contributed by atoms with E-state index in [1.165, 1.54) is 6.07 Å². The number of halogens is 1. The lowest BCUT2D eigenvalue weighted by Gasteiger charge is -2.02. The number of hydrogen-bond donors (Lipinski definition) is 1. The SMILES string of the molecule is Cc1nc(CNCc2ccc([N+](=O)[O-])c(F)c2)no1. The van der Waals surface area contributed by atoms with E-state index in [1.54, 1.807) is 6.92 Å². The van der Waals surface area contributed by atoms with E-state index >= 15 is 0 Å². The van der Waals surface area contributed by atoms with E-state index in [0.717, 1.165) is 12.1 Å². The molecule has 1 aromatic carbocycles. The van der Waals surface area contributed by atoms with Crippen molar-refractivity contribution in [2.24, 2.45) is 0 Å². The van der Waals surface area contributed by atoms with Gasteiger partial charge in [-0.2, -0.15) is 9.37 Å². The van der Waals surface area contributed by atoms with Crippen molar-refractivity contribution < 1.29 is 13.8 Å². The summed E-state index contributed by atoms with van der Waals surface area (Å²) in [5.41, 5.74) is 0.0702. The molecule has 0 saturated carbocycles. The van der Waals surface area contributed by atoms with Crippen LogP contribution in [-0.4, -0.2) is 15.1 Å². The average Bonchev–Trinajstić information content (AvgIpc) is 2.75. The Balaban J connectivity index is 1.93. The molecule has 0 aliphatic rings. The van der Waals surface area contributed by atoms with E-state index in [4.69, 9.17) is 4.52 Å². The Labute approximate surface area is 107 Å². The Morgan fingerprint density at radius 3 is 2.84 bits per heavy atom. The molecule has 2 aromatic rings. The highest BCUT2D eigenvalue weighted by molar-refractivity contribution is 5.34. The molecule has 1 N–H and O–H groups in total. The molecule has 19 heavy (non-hydrogen) atoms. The van der Waals surface area contributed by atoms with Crippen molar-refractivity contribution in [3.05, 3.63) is 51.4 Å². The molecule has 100 valence electrons. The van der Waals surface area contributed by atoms with Crippen LogP contribution in [0, 0.1) is 22.9 Å². The van der Waals surface area contributed by atoms with E-state index in [9.17, 15) is 14.5 Å². The number of nitrogens with one attached hydrogen (secondary N) is 1. The molecule has 0 spiro atoms. The van der Waals surface area contributed by atoms with Gasteiger partial charge in [-0.15, -0.1) is 0 Å². The molecule has 7 nitrogen and oxygen atoms in total. The summed E-state index contributed by atoms with van der Waals surface area (Å²) in [6.07, 6.45) is 0. The van der Waals surface area contributed by atoms with Gasteiger partial charge in [-0.1, -0.05) is 11.2 Å². The van der Waals surface area contributed by atoms with Gasteiger partial charge >= 0.3 is 5.69 Å². The zero-order valence-corrected chi connectivity index (χ0v) is 10.1. The van der Waals surface area contributed by atoms with Crippen molar-refractivity contribution in [2.45, 2.75) is 20.0 Å². The third-order valence-corrected chi connectivity index (χ3v) is 2.39. The van der Waals surface area contributed by atoms with Gasteiger partial charge in [-0.05, 0) is 11.6 Å². The highest BCUT2D eigenvalue weighted by Gasteiger charge is 2.13. The normalized spacial score (nSPS) is 10.6. The Bertz CT molecular complexity index is 599. The molecule has 0 radical (unpaired) electrons. The first-order chi connectivity index (χ1) is 9.06. The highest BCUT2D eigenvalue weighted by Crippen LogP contribution is 2.17. The minimum Gasteiger partial charge on any atom is -0.340 e. The summed E-state index contributed by atoms with van der Waals surface area (Å²) >= 11 is 0. The summed E-state index contributed by atoms with van der Waals surface area (Å²) in [5.74, 6) is 0.123. The predicted molar refractivity (Wildman–Crippen MR) is 62.6 cm³/mol. The monoisotopic (exact) mass is 266 g/mol. The maximum absolute atomic E-state index is 13.3. The molecular formula is C11H11FN4O3. The van der Waals surface area contributed by atoms with Crippen LogP contribution in [0.25, 0.3) is 0 Å². The van der Waals surface area contributed by atoms with Crippen molar-refractivity contribution in [3.63, 3.8) is 0 Å². The topological polar surface area (TPSA) is 94.1 Å². The fourth-order valence-corrected chi connectivity index (χ4v) is 1.54. The Morgan fingerprint density at radius 1 is 1.47 bits per heavy atom. The lowest BCUT2D eigenvalue weighted by atomic mass is 10.2. The minimum absolute atomic E-state index is 0.350. The number of aromatic nitrogens is 2. The van der Waals surface area contributed by atoms with Crippen LogP contribution in [0.3, 0.4) is 0 Å². The Morgan fingerprint density at radius 2 is 2.26 bits per heavy atom. The smallest absolute Gasteiger partial charge is 0.304 e. The van der Waals surface area contributed by atoms with Crippen molar-refractivity contribution in [2.75, 3.05) is 0 Å². The van der Waals surface area contributed by atoms with Crippen molar-refractivity contribution in [3.8, 4) is 0 Å². The number of nitro groups is 1. The maximum Gasteiger partial charge on any atom is 0.304 e. The summed E-state index contributed by atoms with van der Waals surface area (Å²) in [6, 6.07) is 3.77. The second kappa shape index (κ2) is 5.53. The zero-order chi connectivity index (χ0) is 13.8. The van der Waals surface area contributed by atoms with E-state index in [2.05, 4.69) is 15.5 Å². The van der Waals surface area contributed by atoms with Gasteiger partial charge in [0.05, 0.1) is 11.5 Å². The number of aryl methyl sites for hydroxylation is 1. The van der Waals surface area contributed by atoms with Gasteiger partial charge in [-0.3, -0.25) is 10.1 Å². The summed E-state index contributed by atoms with van der Waals surface area (Å²) in [6.45, 7) is 2.40. The van der Waals surface area contributed by atoms with Crippen LogP contribution in [-0.2, 0) is 13.1 Å². The molecule has 0 aliphatic carbocycles. The van der Waals surface area contributed by atoms with Crippen LogP contribution >= 0.6 is 0 Å². The number of rotatable bonds is 5. The fourth-order valence-electron chi connectivity index (χ4n) is 1.54. The lowest BCUT2D eigenvalue weighted by molar-refractivity contribution is -0.387. The number of nitro benzene ring substituents is 1. The van der Waals surface area contributed by atoms with Crippen molar-refractivity contribution in [1.82, 2.24) is 15.5 Å². The summed E-state index contributed by atoms with van der Waals surface area (Å²) < 4.78 is 18.1. The maximum atomic E-state index is 13.3. The van der Waals surface area contributed by atoms with E-state index < -0.39 is 16.4 Å². The largest absolute Gasteiger partial charge is 0.340 e. The standard InChI is InChI=1S/C11H11FN4O3/c1-7-14-11(15-19-7)6-13-5-8-2-3-10(16(17)18)9(12)4-8/h2-4,13H,5-6H2,1H3. The second-order valence-electron chi connectivity index (χ2n) is 3.88. The molecule has 0 unspecified atom stereocenters. The highest BCUT2D eigenvalue weighted by atomic mass is 19.1. The van der Waals surface area contributed by atoms with Crippen molar-refractivity contribution >= 4 is 5.69 Å². The van der Waals surface area contributed by atoms with Gasteiger partial charge in [0.15, 0.2) is 5.82 Å². The van der Waals surface area contributed by atoms with Gasteiger partial charge in [-0.25, -0.2) is 0 Å². The third-order valence-electron chi connectivity index (χ3n) is 2.39. The average molecular weight is 266 g/mol. The fraction of sp³-hybridized carbons (Fsp3) is 0.273. The van der Waals surface area contributed by atoms with E-state index in [1.807, 2.05) is 0 Å². The molecule has 0 bridgehead atoms. The van der Waals surface area contributed by atoms with E-state index in [-0.39, 0.29) is 0 Å². The molecular weight excluding hydrogens is 255 g/mol. The zero-order valence-electron chi connectivity index (χ0n) is 10.1. The number of nitrogens with zero attached hydrogens (tertiary/aromatic N) is 3. The van der Waals surface area contributed by atoms with Crippen LogP contribution in [0.2, 0.25) is 0 Å².